The Morgan fingerprint density at radius 3 is 2.89 bits per heavy atom. The highest BCUT2D eigenvalue weighted by Gasteiger charge is 2.08. The van der Waals surface area contributed by atoms with Gasteiger partial charge in [-0.3, -0.25) is 4.79 Å². The number of nitrogens with one attached hydrogen (secondary N) is 1. The number of aliphatic hydroxyl groups excluding tert-OH is 1. The topological polar surface area (TPSA) is 78.6 Å². The molecule has 1 amide bonds. The number of nitrogen functional groups attached to an aromatic ring is 1. The molecule has 1 rings (SSSR count). The van der Waals surface area contributed by atoms with E-state index in [1.54, 1.807) is 7.05 Å². The second-order valence-electron chi connectivity index (χ2n) is 4.06. The van der Waals surface area contributed by atoms with Crippen LogP contribution < -0.4 is 11.1 Å². The van der Waals surface area contributed by atoms with Crippen molar-refractivity contribution in [3.8, 4) is 0 Å². The highest BCUT2D eigenvalue weighted by Crippen LogP contribution is 2.17. The summed E-state index contributed by atoms with van der Waals surface area (Å²) in [5, 5.41) is 11.2. The smallest absolute Gasteiger partial charge is 0.225 e. The third kappa shape index (κ3) is 4.68. The van der Waals surface area contributed by atoms with Gasteiger partial charge in [0.1, 0.15) is 5.82 Å². The fraction of sp³-hybridized carbons (Fsp3) is 0.417. The van der Waals surface area contributed by atoms with E-state index in [4.69, 9.17) is 10.8 Å². The number of carbonyl (C=O) groups is 1. The molecule has 5 nitrogen and oxygen atoms in total. The van der Waals surface area contributed by atoms with E-state index in [0.29, 0.717) is 18.8 Å². The van der Waals surface area contributed by atoms with Crippen LogP contribution in [-0.4, -0.2) is 42.7 Å². The average Bonchev–Trinajstić information content (AvgIpc) is 2.32. The van der Waals surface area contributed by atoms with Crippen LogP contribution in [0.3, 0.4) is 0 Å². The van der Waals surface area contributed by atoms with Crippen LogP contribution in [0.15, 0.2) is 18.2 Å². The lowest BCUT2D eigenvalue weighted by molar-refractivity contribution is -0.116. The SMILES string of the molecule is CN(CCO)CCC(=O)Nc1cc(N)ccc1F. The van der Waals surface area contributed by atoms with Crippen molar-refractivity contribution in [3.05, 3.63) is 24.0 Å². The number of rotatable bonds is 6. The van der Waals surface area contributed by atoms with Crippen LogP contribution in [0, 0.1) is 5.82 Å². The van der Waals surface area contributed by atoms with E-state index >= 15 is 0 Å². The summed E-state index contributed by atoms with van der Waals surface area (Å²) < 4.78 is 13.3. The van der Waals surface area contributed by atoms with Crippen molar-refractivity contribution in [2.75, 3.05) is 37.8 Å². The first-order valence-corrected chi connectivity index (χ1v) is 5.67. The molecule has 100 valence electrons. The molecule has 0 bridgehead atoms. The maximum atomic E-state index is 13.3. The summed E-state index contributed by atoms with van der Waals surface area (Å²) in [6.45, 7) is 1.04. The van der Waals surface area contributed by atoms with Gasteiger partial charge in [-0.25, -0.2) is 4.39 Å². The zero-order valence-corrected chi connectivity index (χ0v) is 10.3. The molecule has 0 aromatic heterocycles. The molecule has 0 unspecified atom stereocenters. The molecule has 0 radical (unpaired) electrons. The number of nitrogens with two attached hydrogens (primary N) is 1. The van der Waals surface area contributed by atoms with Crippen molar-refractivity contribution in [2.24, 2.45) is 0 Å². The molecular formula is C12H18FN3O2. The number of hydrogen-bond acceptors (Lipinski definition) is 4. The van der Waals surface area contributed by atoms with E-state index in [9.17, 15) is 9.18 Å². The van der Waals surface area contributed by atoms with Gasteiger partial charge >= 0.3 is 0 Å². The summed E-state index contributed by atoms with van der Waals surface area (Å²) in [5.41, 5.74) is 5.99. The molecule has 0 spiro atoms. The highest BCUT2D eigenvalue weighted by atomic mass is 19.1. The molecule has 0 atom stereocenters. The fourth-order valence-corrected chi connectivity index (χ4v) is 1.43. The fourth-order valence-electron chi connectivity index (χ4n) is 1.43. The molecule has 0 heterocycles. The largest absolute Gasteiger partial charge is 0.399 e. The van der Waals surface area contributed by atoms with E-state index in [-0.39, 0.29) is 24.6 Å². The Bertz CT molecular complexity index is 412. The third-order valence-corrected chi connectivity index (χ3v) is 2.47. The van der Waals surface area contributed by atoms with Crippen LogP contribution in [0.5, 0.6) is 0 Å². The first-order valence-electron chi connectivity index (χ1n) is 5.67. The van der Waals surface area contributed by atoms with Crippen LogP contribution in [-0.2, 0) is 4.79 Å². The van der Waals surface area contributed by atoms with Crippen LogP contribution in [0.25, 0.3) is 0 Å². The number of amides is 1. The van der Waals surface area contributed by atoms with Crippen LogP contribution >= 0.6 is 0 Å². The molecule has 0 saturated heterocycles. The van der Waals surface area contributed by atoms with Gasteiger partial charge in [-0.1, -0.05) is 0 Å². The molecule has 0 fully saturated rings. The molecule has 0 aliphatic rings. The second kappa shape index (κ2) is 6.93. The summed E-state index contributed by atoms with van der Waals surface area (Å²) in [4.78, 5) is 13.4. The van der Waals surface area contributed by atoms with Gasteiger partial charge in [-0.15, -0.1) is 0 Å². The maximum absolute atomic E-state index is 13.3. The Hall–Kier alpha value is -1.66. The van der Waals surface area contributed by atoms with E-state index < -0.39 is 5.82 Å². The minimum Gasteiger partial charge on any atom is -0.399 e. The molecular weight excluding hydrogens is 237 g/mol. The number of likely N-dealkylation sites (N-methyl/N-ethyl adjacent to an activating group) is 1. The molecule has 18 heavy (non-hydrogen) atoms. The number of aliphatic hydroxyl groups is 1. The van der Waals surface area contributed by atoms with E-state index in [2.05, 4.69) is 5.32 Å². The molecule has 1 aromatic carbocycles. The molecule has 1 aromatic rings. The van der Waals surface area contributed by atoms with Crippen molar-refractivity contribution in [3.63, 3.8) is 0 Å². The number of halogens is 1. The number of hydrogen-bond donors (Lipinski definition) is 3. The van der Waals surface area contributed by atoms with Crippen molar-refractivity contribution in [2.45, 2.75) is 6.42 Å². The minimum atomic E-state index is -0.513. The average molecular weight is 255 g/mol. The molecule has 0 aliphatic carbocycles. The van der Waals surface area contributed by atoms with Gasteiger partial charge in [0.25, 0.3) is 0 Å². The van der Waals surface area contributed by atoms with Gasteiger partial charge in [-0.05, 0) is 25.2 Å². The number of benzene rings is 1. The summed E-state index contributed by atoms with van der Waals surface area (Å²) >= 11 is 0. The molecule has 0 saturated carbocycles. The Balaban J connectivity index is 2.47. The molecule has 0 aliphatic heterocycles. The zero-order chi connectivity index (χ0) is 13.5. The van der Waals surface area contributed by atoms with Gasteiger partial charge in [0.2, 0.25) is 5.91 Å². The zero-order valence-electron chi connectivity index (χ0n) is 10.3. The van der Waals surface area contributed by atoms with E-state index in [1.807, 2.05) is 4.90 Å². The van der Waals surface area contributed by atoms with Crippen molar-refractivity contribution >= 4 is 17.3 Å². The first kappa shape index (κ1) is 14.4. The predicted octanol–water partition coefficient (Wildman–Crippen LogP) is 0.661. The Kier molecular flexibility index (Phi) is 5.54. The van der Waals surface area contributed by atoms with Crippen LogP contribution in [0.4, 0.5) is 15.8 Å². The lowest BCUT2D eigenvalue weighted by Crippen LogP contribution is -2.26. The number of carbonyl (C=O) groups excluding carboxylic acids is 1. The Morgan fingerprint density at radius 1 is 1.50 bits per heavy atom. The maximum Gasteiger partial charge on any atom is 0.225 e. The monoisotopic (exact) mass is 255 g/mol. The van der Waals surface area contributed by atoms with Gasteiger partial charge < -0.3 is 21.1 Å². The van der Waals surface area contributed by atoms with Crippen molar-refractivity contribution in [1.82, 2.24) is 4.90 Å². The Labute approximate surface area is 105 Å². The van der Waals surface area contributed by atoms with E-state index in [1.165, 1.54) is 18.2 Å². The quantitative estimate of drug-likeness (QED) is 0.652. The van der Waals surface area contributed by atoms with Gasteiger partial charge in [0.05, 0.1) is 12.3 Å². The molecule has 6 heteroatoms. The first-order chi connectivity index (χ1) is 8.52. The second-order valence-corrected chi connectivity index (χ2v) is 4.06. The van der Waals surface area contributed by atoms with Crippen molar-refractivity contribution in [1.29, 1.82) is 0 Å². The Morgan fingerprint density at radius 2 is 2.22 bits per heavy atom. The van der Waals surface area contributed by atoms with Gasteiger partial charge in [0, 0.05) is 25.2 Å². The van der Waals surface area contributed by atoms with Crippen LogP contribution in [0.1, 0.15) is 6.42 Å². The van der Waals surface area contributed by atoms with Gasteiger partial charge in [-0.2, -0.15) is 0 Å². The number of nitrogens with zero attached hydrogens (tertiary/aromatic N) is 1. The van der Waals surface area contributed by atoms with Crippen LogP contribution in [0.2, 0.25) is 0 Å². The standard InChI is InChI=1S/C12H18FN3O2/c1-16(6-7-17)5-4-12(18)15-11-8-9(14)2-3-10(11)13/h2-3,8,17H,4-7,14H2,1H3,(H,15,18). The summed E-state index contributed by atoms with van der Waals surface area (Å²) in [6.07, 6.45) is 0.227. The predicted molar refractivity (Wildman–Crippen MR) is 68.6 cm³/mol. The molecule has 4 N–H and O–H groups in total. The summed E-state index contributed by atoms with van der Waals surface area (Å²) in [5.74, 6) is -0.800. The number of anilines is 2. The van der Waals surface area contributed by atoms with E-state index in [0.717, 1.165) is 0 Å². The summed E-state index contributed by atoms with van der Waals surface area (Å²) in [7, 11) is 1.80. The summed E-state index contributed by atoms with van der Waals surface area (Å²) in [6, 6.07) is 4.02. The lowest BCUT2D eigenvalue weighted by atomic mass is 10.2. The normalized spacial score (nSPS) is 10.7. The third-order valence-electron chi connectivity index (χ3n) is 2.47. The minimum absolute atomic E-state index is 0.0436. The highest BCUT2D eigenvalue weighted by molar-refractivity contribution is 5.91. The lowest BCUT2D eigenvalue weighted by Gasteiger charge is -2.14. The van der Waals surface area contributed by atoms with Gasteiger partial charge in [0.15, 0.2) is 0 Å². The van der Waals surface area contributed by atoms with Crippen molar-refractivity contribution < 1.29 is 14.3 Å².